The van der Waals surface area contributed by atoms with Crippen molar-refractivity contribution in [2.75, 3.05) is 0 Å². The van der Waals surface area contributed by atoms with Crippen molar-refractivity contribution >= 4 is 53.4 Å². The van der Waals surface area contributed by atoms with E-state index < -0.39 is 108 Å². The first-order chi connectivity index (χ1) is 26.8. The summed E-state index contributed by atoms with van der Waals surface area (Å²) in [5.74, 6) is -9.87. The van der Waals surface area contributed by atoms with Crippen LogP contribution in [0, 0.1) is 29.6 Å². The molecule has 0 heterocycles. The number of rotatable bonds is 28. The zero-order chi connectivity index (χ0) is 45.0. The van der Waals surface area contributed by atoms with E-state index >= 15 is 0 Å². The van der Waals surface area contributed by atoms with Crippen molar-refractivity contribution in [1.82, 2.24) is 31.9 Å². The lowest BCUT2D eigenvalue weighted by Gasteiger charge is -2.29. The van der Waals surface area contributed by atoms with Gasteiger partial charge in [0.2, 0.25) is 35.4 Å². The number of nitrogens with two attached hydrogens (primary N) is 1. The van der Waals surface area contributed by atoms with E-state index in [-0.39, 0.29) is 62.2 Å². The third-order valence-electron chi connectivity index (χ3n) is 9.15. The first kappa shape index (κ1) is 53.2. The number of carbonyl (C=O) groups is 9. The predicted octanol–water partition coefficient (Wildman–Crippen LogP) is 0.877. The van der Waals surface area contributed by atoms with Gasteiger partial charge in [-0.3, -0.25) is 38.4 Å². The molecular weight excluding hydrogens is 758 g/mol. The van der Waals surface area contributed by atoms with E-state index in [1.54, 1.807) is 55.4 Å². The number of carboxylic acids is 3. The maximum Gasteiger partial charge on any atom is 0.326 e. The lowest BCUT2D eigenvalue weighted by molar-refractivity contribution is -0.144. The van der Waals surface area contributed by atoms with E-state index in [1.165, 1.54) is 0 Å². The van der Waals surface area contributed by atoms with Gasteiger partial charge in [-0.2, -0.15) is 0 Å². The van der Waals surface area contributed by atoms with E-state index in [9.17, 15) is 53.4 Å². The number of aliphatic carboxylic acids is 3. The fraction of sp³-hybridized carbons (Fsp3) is 0.769. The minimum absolute atomic E-state index is 0.0339. The van der Waals surface area contributed by atoms with Gasteiger partial charge in [-0.15, -0.1) is 0 Å². The third-order valence-corrected chi connectivity index (χ3v) is 9.15. The number of hydrogen-bond acceptors (Lipinski definition) is 10. The van der Waals surface area contributed by atoms with Crippen molar-refractivity contribution in [3.8, 4) is 0 Å². The predicted molar refractivity (Wildman–Crippen MR) is 214 cm³/mol. The van der Waals surface area contributed by atoms with Crippen LogP contribution in [0.2, 0.25) is 0 Å². The van der Waals surface area contributed by atoms with Crippen molar-refractivity contribution in [2.24, 2.45) is 35.3 Å². The highest BCUT2D eigenvalue weighted by Crippen LogP contribution is 2.14. The van der Waals surface area contributed by atoms with Gasteiger partial charge in [-0.1, -0.05) is 75.7 Å². The number of hydrogen-bond donors (Lipinski definition) is 10. The third kappa shape index (κ3) is 21.1. The molecule has 11 N–H and O–H groups in total. The summed E-state index contributed by atoms with van der Waals surface area (Å²) in [6, 6.07) is -9.10. The topological polar surface area (TPSA) is 313 Å². The van der Waals surface area contributed by atoms with Gasteiger partial charge in [0.05, 0.1) is 12.5 Å². The molecule has 8 atom stereocenters. The van der Waals surface area contributed by atoms with E-state index in [0.717, 1.165) is 0 Å². The van der Waals surface area contributed by atoms with Gasteiger partial charge in [-0.25, -0.2) is 4.79 Å². The molecule has 0 spiro atoms. The molecule has 0 aromatic carbocycles. The summed E-state index contributed by atoms with van der Waals surface area (Å²) < 4.78 is 0. The molecule has 0 aliphatic rings. The van der Waals surface area contributed by atoms with Gasteiger partial charge in [0.25, 0.3) is 0 Å². The Labute approximate surface area is 341 Å². The summed E-state index contributed by atoms with van der Waals surface area (Å²) in [5.41, 5.74) is 5.86. The maximum atomic E-state index is 13.8. The number of nitrogens with one attached hydrogen (secondary N) is 6. The standard InChI is InChI=1S/C39H69N7O12/c1-11-23(10)32(39(57)58)46-38(56)28(17-22(8)9)44-37(55)29(18-31(49)50)45-36(54)27(16-21(6)7)43-35(53)26(15-20(4)5)42-34(52)25(14-19(2)3)41-33(51)24(40)12-13-30(47)48/h19-29,32H,11-18,40H2,1-10H3,(H,41,51)(H,42,52)(H,43,53)(H,44,55)(H,45,54)(H,46,56)(H,47,48)(H,49,50)(H,57,58)/t23-,24-,25-,26-,27-,28-,29-,32-/m0/s1. The summed E-state index contributed by atoms with van der Waals surface area (Å²) >= 11 is 0. The molecular formula is C39H69N7O12. The normalized spacial score (nSPS) is 15.6. The lowest BCUT2D eigenvalue weighted by Crippen LogP contribution is -2.60. The summed E-state index contributed by atoms with van der Waals surface area (Å²) in [7, 11) is 0. The Balaban J connectivity index is 6.38. The molecule has 0 aromatic heterocycles. The van der Waals surface area contributed by atoms with Crippen LogP contribution >= 0.6 is 0 Å². The summed E-state index contributed by atoms with van der Waals surface area (Å²) in [6.07, 6.45) is -0.618. The second kappa shape index (κ2) is 26.2. The molecule has 19 heteroatoms. The van der Waals surface area contributed by atoms with E-state index in [2.05, 4.69) is 31.9 Å². The Hall–Kier alpha value is -4.81. The molecule has 6 amide bonds. The van der Waals surface area contributed by atoms with Crippen LogP contribution in [0.25, 0.3) is 0 Å². The number of carbonyl (C=O) groups excluding carboxylic acids is 6. The van der Waals surface area contributed by atoms with Crippen molar-refractivity contribution in [1.29, 1.82) is 0 Å². The van der Waals surface area contributed by atoms with Crippen LogP contribution in [-0.2, 0) is 43.2 Å². The van der Waals surface area contributed by atoms with Crippen LogP contribution in [0.15, 0.2) is 0 Å². The van der Waals surface area contributed by atoms with Crippen LogP contribution in [0.3, 0.4) is 0 Å². The maximum absolute atomic E-state index is 13.8. The molecule has 0 aliphatic heterocycles. The van der Waals surface area contributed by atoms with E-state index in [4.69, 9.17) is 10.8 Å². The first-order valence-corrected chi connectivity index (χ1v) is 20.0. The van der Waals surface area contributed by atoms with Gasteiger partial charge >= 0.3 is 17.9 Å². The summed E-state index contributed by atoms with van der Waals surface area (Å²) in [6.45, 7) is 17.7. The van der Waals surface area contributed by atoms with Crippen LogP contribution in [0.4, 0.5) is 0 Å². The van der Waals surface area contributed by atoms with Gasteiger partial charge in [0.15, 0.2) is 0 Å². The molecule has 0 rings (SSSR count). The molecule has 0 saturated heterocycles. The highest BCUT2D eigenvalue weighted by Gasteiger charge is 2.35. The fourth-order valence-electron chi connectivity index (χ4n) is 5.91. The second-order valence-corrected chi connectivity index (χ2v) is 16.7. The average Bonchev–Trinajstić information content (AvgIpc) is 3.09. The first-order valence-electron chi connectivity index (χ1n) is 20.0. The second-order valence-electron chi connectivity index (χ2n) is 16.7. The molecule has 332 valence electrons. The highest BCUT2D eigenvalue weighted by molar-refractivity contribution is 5.98. The summed E-state index contributed by atoms with van der Waals surface area (Å²) in [5, 5.41) is 43.5. The van der Waals surface area contributed by atoms with Crippen molar-refractivity contribution < 1.29 is 58.5 Å². The van der Waals surface area contributed by atoms with Crippen molar-refractivity contribution in [3.05, 3.63) is 0 Å². The Morgan fingerprint density at radius 2 is 0.776 bits per heavy atom. The smallest absolute Gasteiger partial charge is 0.326 e. The van der Waals surface area contributed by atoms with Gasteiger partial charge < -0.3 is 53.0 Å². The largest absolute Gasteiger partial charge is 0.481 e. The van der Waals surface area contributed by atoms with Crippen molar-refractivity contribution in [2.45, 2.75) is 163 Å². The Morgan fingerprint density at radius 1 is 0.466 bits per heavy atom. The highest BCUT2D eigenvalue weighted by atomic mass is 16.4. The Kier molecular flexibility index (Phi) is 24.1. The molecule has 0 saturated carbocycles. The molecule has 0 fully saturated rings. The average molecular weight is 828 g/mol. The van der Waals surface area contributed by atoms with Gasteiger partial charge in [0.1, 0.15) is 36.3 Å². The molecule has 0 unspecified atom stereocenters. The Morgan fingerprint density at radius 3 is 1.07 bits per heavy atom. The Bertz CT molecular complexity index is 1420. The zero-order valence-corrected chi connectivity index (χ0v) is 35.7. The molecule has 0 aromatic rings. The van der Waals surface area contributed by atoms with Gasteiger partial charge in [-0.05, 0) is 61.7 Å². The van der Waals surface area contributed by atoms with Crippen LogP contribution in [-0.4, -0.2) is 111 Å². The van der Waals surface area contributed by atoms with E-state index in [0.29, 0.717) is 6.42 Å². The van der Waals surface area contributed by atoms with Crippen LogP contribution < -0.4 is 37.6 Å². The van der Waals surface area contributed by atoms with Crippen LogP contribution in [0.5, 0.6) is 0 Å². The van der Waals surface area contributed by atoms with Crippen LogP contribution in [0.1, 0.15) is 121 Å². The quantitative estimate of drug-likeness (QED) is 0.0525. The number of carboxylic acid groups (broad SMARTS) is 3. The molecule has 0 radical (unpaired) electrons. The zero-order valence-electron chi connectivity index (χ0n) is 35.7. The minimum atomic E-state index is -1.71. The number of amides is 6. The monoisotopic (exact) mass is 828 g/mol. The van der Waals surface area contributed by atoms with Gasteiger partial charge in [0, 0.05) is 6.42 Å². The molecule has 19 nitrogen and oxygen atoms in total. The minimum Gasteiger partial charge on any atom is -0.481 e. The van der Waals surface area contributed by atoms with Crippen molar-refractivity contribution in [3.63, 3.8) is 0 Å². The molecule has 58 heavy (non-hydrogen) atoms. The fourth-order valence-corrected chi connectivity index (χ4v) is 5.91. The van der Waals surface area contributed by atoms with E-state index in [1.807, 2.05) is 13.8 Å². The lowest BCUT2D eigenvalue weighted by atomic mass is 9.97. The summed E-state index contributed by atoms with van der Waals surface area (Å²) in [4.78, 5) is 116. The SMILES string of the molecule is CC[C@H](C)[C@H](NC(=O)[C@H](CC(C)C)NC(=O)[C@H](CC(=O)O)NC(=O)[C@H](CC(C)C)NC(=O)[C@H](CC(C)C)NC(=O)[C@H](CC(C)C)NC(=O)[C@@H](N)CCC(=O)O)C(=O)O. The molecule has 0 bridgehead atoms. The molecule has 0 aliphatic carbocycles.